The SMILES string of the molecule is COc1ccc(C2Nc3c(C(N)=O)nnn3C3=C2S(=O)(=O)CCC3)cc1. The Balaban J connectivity index is 1.93. The van der Waals surface area contributed by atoms with Gasteiger partial charge in [-0.15, -0.1) is 5.10 Å². The summed E-state index contributed by atoms with van der Waals surface area (Å²) in [6, 6.07) is 6.44. The van der Waals surface area contributed by atoms with Crippen LogP contribution in [0.25, 0.3) is 5.70 Å². The predicted octanol–water partition coefficient (Wildman–Crippen LogP) is 0.930. The molecule has 1 atom stereocenters. The third-order valence-electron chi connectivity index (χ3n) is 4.60. The minimum atomic E-state index is -3.47. The number of carbonyl (C=O) groups is 1. The van der Waals surface area contributed by atoms with Crippen molar-refractivity contribution in [2.45, 2.75) is 18.9 Å². The molecule has 4 rings (SSSR count). The van der Waals surface area contributed by atoms with Crippen molar-refractivity contribution in [1.82, 2.24) is 15.0 Å². The van der Waals surface area contributed by atoms with Crippen LogP contribution in [-0.4, -0.2) is 42.2 Å². The first-order valence-electron chi connectivity index (χ1n) is 8.04. The third-order valence-corrected chi connectivity index (χ3v) is 6.57. The molecule has 0 bridgehead atoms. The first-order chi connectivity index (χ1) is 12.4. The molecule has 0 saturated heterocycles. The molecule has 26 heavy (non-hydrogen) atoms. The van der Waals surface area contributed by atoms with Crippen LogP contribution >= 0.6 is 0 Å². The molecular formula is C16H17N5O4S. The maximum atomic E-state index is 12.8. The van der Waals surface area contributed by atoms with Crippen molar-refractivity contribution in [1.29, 1.82) is 0 Å². The summed E-state index contributed by atoms with van der Waals surface area (Å²) in [5, 5.41) is 10.9. The molecule has 10 heteroatoms. The molecule has 0 spiro atoms. The standard InChI is InChI=1S/C16H17N5O4S/c1-25-10-6-4-9(5-7-10)12-14-11(3-2-8-26(14,23)24)21-16(18-12)13(15(17)22)19-20-21/h4-7,12,18H,2-3,8H2,1H3,(H2,17,22). The van der Waals surface area contributed by atoms with Crippen LogP contribution in [0, 0.1) is 0 Å². The summed E-state index contributed by atoms with van der Waals surface area (Å²) in [5.41, 5.74) is 6.63. The van der Waals surface area contributed by atoms with E-state index in [0.29, 0.717) is 30.1 Å². The Bertz CT molecular complexity index is 1020. The molecule has 0 aliphatic carbocycles. The third kappa shape index (κ3) is 2.45. The summed E-state index contributed by atoms with van der Waals surface area (Å²) < 4.78 is 32.1. The number of aromatic nitrogens is 3. The minimum absolute atomic E-state index is 0.0157. The number of hydrogen-bond donors (Lipinski definition) is 2. The number of fused-ring (bicyclic) bond motifs is 2. The number of nitrogens with zero attached hydrogens (tertiary/aromatic N) is 3. The van der Waals surface area contributed by atoms with Gasteiger partial charge >= 0.3 is 0 Å². The van der Waals surface area contributed by atoms with Gasteiger partial charge in [0.1, 0.15) is 5.75 Å². The number of rotatable bonds is 3. The number of nitrogens with two attached hydrogens (primary N) is 1. The van der Waals surface area contributed by atoms with Crippen LogP contribution in [0.5, 0.6) is 5.75 Å². The summed E-state index contributed by atoms with van der Waals surface area (Å²) in [7, 11) is -1.91. The van der Waals surface area contributed by atoms with Crippen molar-refractivity contribution < 1.29 is 17.9 Å². The van der Waals surface area contributed by atoms with Crippen LogP contribution in [0.15, 0.2) is 29.2 Å². The van der Waals surface area contributed by atoms with Crippen molar-refractivity contribution in [3.63, 3.8) is 0 Å². The Morgan fingerprint density at radius 1 is 1.35 bits per heavy atom. The van der Waals surface area contributed by atoms with E-state index >= 15 is 0 Å². The van der Waals surface area contributed by atoms with E-state index in [1.807, 2.05) is 0 Å². The highest BCUT2D eigenvalue weighted by Crippen LogP contribution is 2.43. The molecular weight excluding hydrogens is 358 g/mol. The van der Waals surface area contributed by atoms with Crippen LogP contribution in [0.4, 0.5) is 5.82 Å². The normalized spacial score (nSPS) is 20.7. The lowest BCUT2D eigenvalue weighted by Crippen LogP contribution is -2.32. The number of hydrogen-bond acceptors (Lipinski definition) is 7. The molecule has 2 aromatic rings. The summed E-state index contributed by atoms with van der Waals surface area (Å²) in [6.07, 6.45) is 1.01. The molecule has 1 aromatic carbocycles. The molecule has 1 amide bonds. The van der Waals surface area contributed by atoms with Crippen molar-refractivity contribution in [2.75, 3.05) is 18.2 Å². The Morgan fingerprint density at radius 3 is 2.73 bits per heavy atom. The topological polar surface area (TPSA) is 129 Å². The van der Waals surface area contributed by atoms with Gasteiger partial charge in [0.05, 0.1) is 29.5 Å². The lowest BCUT2D eigenvalue weighted by atomic mass is 10.0. The first kappa shape index (κ1) is 16.6. The number of anilines is 1. The van der Waals surface area contributed by atoms with Crippen molar-refractivity contribution >= 4 is 27.3 Å². The highest BCUT2D eigenvalue weighted by Gasteiger charge is 2.40. The first-order valence-corrected chi connectivity index (χ1v) is 9.70. The van der Waals surface area contributed by atoms with Gasteiger partial charge in [-0.2, -0.15) is 4.68 Å². The van der Waals surface area contributed by atoms with Gasteiger partial charge in [0.2, 0.25) is 0 Å². The zero-order valence-electron chi connectivity index (χ0n) is 14.0. The number of ether oxygens (including phenoxy) is 1. The lowest BCUT2D eigenvalue weighted by Gasteiger charge is -2.33. The molecule has 0 fully saturated rings. The molecule has 1 unspecified atom stereocenters. The summed E-state index contributed by atoms with van der Waals surface area (Å²) in [5.74, 6) is 0.325. The van der Waals surface area contributed by atoms with Crippen LogP contribution in [0.3, 0.4) is 0 Å². The van der Waals surface area contributed by atoms with Gasteiger partial charge in [0, 0.05) is 0 Å². The summed E-state index contributed by atoms with van der Waals surface area (Å²) in [6.45, 7) is 0. The van der Waals surface area contributed by atoms with E-state index in [-0.39, 0.29) is 16.4 Å². The molecule has 2 aliphatic rings. The van der Waals surface area contributed by atoms with Crippen LogP contribution < -0.4 is 15.8 Å². The van der Waals surface area contributed by atoms with Crippen LogP contribution in [0.2, 0.25) is 0 Å². The van der Waals surface area contributed by atoms with Gasteiger partial charge in [-0.3, -0.25) is 4.79 Å². The van der Waals surface area contributed by atoms with E-state index in [1.54, 1.807) is 31.4 Å². The Kier molecular flexibility index (Phi) is 3.72. The van der Waals surface area contributed by atoms with E-state index in [4.69, 9.17) is 10.5 Å². The van der Waals surface area contributed by atoms with E-state index < -0.39 is 21.8 Å². The number of amides is 1. The molecule has 136 valence electrons. The quantitative estimate of drug-likeness (QED) is 0.816. The van der Waals surface area contributed by atoms with Crippen LogP contribution in [-0.2, 0) is 9.84 Å². The summed E-state index contributed by atoms with van der Waals surface area (Å²) >= 11 is 0. The predicted molar refractivity (Wildman–Crippen MR) is 94.1 cm³/mol. The maximum absolute atomic E-state index is 12.8. The molecule has 3 heterocycles. The summed E-state index contributed by atoms with van der Waals surface area (Å²) in [4.78, 5) is 11.9. The van der Waals surface area contributed by atoms with Gasteiger partial charge in [0.25, 0.3) is 5.91 Å². The monoisotopic (exact) mass is 375 g/mol. The molecule has 2 aliphatic heterocycles. The minimum Gasteiger partial charge on any atom is -0.497 e. The second-order valence-corrected chi connectivity index (χ2v) is 8.22. The number of methoxy groups -OCH3 is 1. The number of nitrogens with one attached hydrogen (secondary N) is 1. The fourth-order valence-corrected chi connectivity index (χ4v) is 5.24. The highest BCUT2D eigenvalue weighted by atomic mass is 32.2. The number of primary amides is 1. The zero-order valence-corrected chi connectivity index (χ0v) is 14.8. The fraction of sp³-hybridized carbons (Fsp3) is 0.312. The Hall–Kier alpha value is -2.88. The van der Waals surface area contributed by atoms with Gasteiger partial charge in [-0.1, -0.05) is 17.3 Å². The number of benzene rings is 1. The zero-order chi connectivity index (χ0) is 18.5. The van der Waals surface area contributed by atoms with Crippen molar-refractivity contribution in [3.05, 3.63) is 40.4 Å². The van der Waals surface area contributed by atoms with Crippen molar-refractivity contribution in [3.8, 4) is 5.75 Å². The van der Waals surface area contributed by atoms with Gasteiger partial charge in [0.15, 0.2) is 21.3 Å². The largest absolute Gasteiger partial charge is 0.497 e. The average Bonchev–Trinajstić information content (AvgIpc) is 3.05. The van der Waals surface area contributed by atoms with E-state index in [1.165, 1.54) is 4.68 Å². The van der Waals surface area contributed by atoms with E-state index in [9.17, 15) is 13.2 Å². The average molecular weight is 375 g/mol. The maximum Gasteiger partial charge on any atom is 0.273 e. The fourth-order valence-electron chi connectivity index (χ4n) is 3.40. The Labute approximate surface area is 149 Å². The lowest BCUT2D eigenvalue weighted by molar-refractivity contribution is 0.0996. The van der Waals surface area contributed by atoms with Gasteiger partial charge in [-0.05, 0) is 30.5 Å². The number of carbonyl (C=O) groups excluding carboxylic acids is 1. The molecule has 9 nitrogen and oxygen atoms in total. The van der Waals surface area contributed by atoms with E-state index in [2.05, 4.69) is 15.6 Å². The van der Waals surface area contributed by atoms with Gasteiger partial charge in [-0.25, -0.2) is 8.42 Å². The highest BCUT2D eigenvalue weighted by molar-refractivity contribution is 7.95. The van der Waals surface area contributed by atoms with Crippen LogP contribution in [0.1, 0.15) is 34.9 Å². The second-order valence-electron chi connectivity index (χ2n) is 6.15. The smallest absolute Gasteiger partial charge is 0.273 e. The Morgan fingerprint density at radius 2 is 2.08 bits per heavy atom. The second kappa shape index (κ2) is 5.84. The molecule has 1 aromatic heterocycles. The molecule has 3 N–H and O–H groups in total. The number of sulfone groups is 1. The van der Waals surface area contributed by atoms with E-state index in [0.717, 1.165) is 5.56 Å². The number of allylic oxidation sites excluding steroid dienone is 1. The van der Waals surface area contributed by atoms with Crippen molar-refractivity contribution in [2.24, 2.45) is 5.73 Å². The van der Waals surface area contributed by atoms with Gasteiger partial charge < -0.3 is 15.8 Å². The molecule has 0 radical (unpaired) electrons. The molecule has 0 saturated carbocycles.